The fraction of sp³-hybridized carbons (Fsp3) is 0.600. The van der Waals surface area contributed by atoms with Crippen LogP contribution >= 0.6 is 0 Å². The van der Waals surface area contributed by atoms with E-state index in [2.05, 4.69) is 30.3 Å². The van der Waals surface area contributed by atoms with Gasteiger partial charge < -0.3 is 9.47 Å². The highest BCUT2D eigenvalue weighted by Gasteiger charge is 2.23. The summed E-state index contributed by atoms with van der Waals surface area (Å²) in [6.45, 7) is 12.3. The van der Waals surface area contributed by atoms with E-state index in [4.69, 9.17) is 0 Å². The third-order valence-corrected chi connectivity index (χ3v) is 3.68. The predicted octanol–water partition coefficient (Wildman–Crippen LogP) is 1.80. The topological polar surface area (TPSA) is 41.4 Å². The lowest BCUT2D eigenvalue weighted by Gasteiger charge is -2.22. The molecule has 0 saturated carbocycles. The molecule has 1 aromatic heterocycles. The molecule has 1 aromatic rings. The van der Waals surface area contributed by atoms with E-state index >= 15 is 0 Å². The summed E-state index contributed by atoms with van der Waals surface area (Å²) in [5, 5.41) is 0. The lowest BCUT2D eigenvalue weighted by molar-refractivity contribution is 0.0743. The lowest BCUT2D eigenvalue weighted by Crippen LogP contribution is -2.36. The van der Waals surface area contributed by atoms with Gasteiger partial charge in [-0.1, -0.05) is 6.08 Å². The first-order valence-electron chi connectivity index (χ1n) is 7.29. The molecule has 110 valence electrons. The molecule has 2 heterocycles. The molecule has 0 aliphatic carbocycles. The van der Waals surface area contributed by atoms with Crippen molar-refractivity contribution in [3.63, 3.8) is 0 Å². The van der Waals surface area contributed by atoms with Crippen LogP contribution in [0.4, 0.5) is 0 Å². The highest BCUT2D eigenvalue weighted by Crippen LogP contribution is 2.12. The number of carbonyl (C=O) groups excluding carboxylic acids is 1. The second-order valence-corrected chi connectivity index (χ2v) is 5.49. The molecular weight excluding hydrogens is 252 g/mol. The molecule has 0 atom stereocenters. The maximum absolute atomic E-state index is 12.6. The molecule has 1 saturated heterocycles. The van der Waals surface area contributed by atoms with E-state index in [1.54, 1.807) is 6.20 Å². The van der Waals surface area contributed by atoms with Crippen molar-refractivity contribution < 1.29 is 4.79 Å². The Bertz CT molecular complexity index is 466. The average molecular weight is 276 g/mol. The number of hydrogen-bond donors (Lipinski definition) is 0. The Morgan fingerprint density at radius 3 is 2.90 bits per heavy atom. The molecule has 0 unspecified atom stereocenters. The van der Waals surface area contributed by atoms with E-state index in [1.807, 2.05) is 21.7 Å². The van der Waals surface area contributed by atoms with Gasteiger partial charge in [-0.05, 0) is 20.3 Å². The zero-order chi connectivity index (χ0) is 14.5. The van der Waals surface area contributed by atoms with Crippen molar-refractivity contribution in [2.24, 2.45) is 0 Å². The molecule has 1 aliphatic heterocycles. The van der Waals surface area contributed by atoms with Crippen LogP contribution in [-0.2, 0) is 0 Å². The maximum atomic E-state index is 12.6. The van der Waals surface area contributed by atoms with E-state index < -0.39 is 0 Å². The summed E-state index contributed by atoms with van der Waals surface area (Å²) in [6, 6.07) is 0.251. The fourth-order valence-electron chi connectivity index (χ4n) is 2.58. The molecule has 0 spiro atoms. The van der Waals surface area contributed by atoms with Crippen LogP contribution in [0.2, 0.25) is 0 Å². The number of carbonyl (C=O) groups is 1. The van der Waals surface area contributed by atoms with Crippen molar-refractivity contribution in [2.75, 3.05) is 32.7 Å². The first kappa shape index (κ1) is 14.8. The van der Waals surface area contributed by atoms with Crippen LogP contribution in [0.25, 0.3) is 0 Å². The summed E-state index contributed by atoms with van der Waals surface area (Å²) in [6.07, 6.45) is 6.50. The number of hydrogen-bond acceptors (Lipinski definition) is 3. The Kier molecular flexibility index (Phi) is 4.95. The summed E-state index contributed by atoms with van der Waals surface area (Å²) in [5.74, 6) is 0.598. The van der Waals surface area contributed by atoms with E-state index in [0.717, 1.165) is 39.1 Å². The van der Waals surface area contributed by atoms with E-state index in [9.17, 15) is 4.79 Å². The smallest absolute Gasteiger partial charge is 0.289 e. The van der Waals surface area contributed by atoms with Gasteiger partial charge in [-0.2, -0.15) is 0 Å². The van der Waals surface area contributed by atoms with Crippen LogP contribution in [0.15, 0.2) is 25.0 Å². The first-order valence-corrected chi connectivity index (χ1v) is 7.29. The third-order valence-electron chi connectivity index (χ3n) is 3.68. The van der Waals surface area contributed by atoms with Gasteiger partial charge in [-0.15, -0.1) is 6.58 Å². The van der Waals surface area contributed by atoms with Crippen LogP contribution in [0.5, 0.6) is 0 Å². The molecule has 1 fully saturated rings. The largest absolute Gasteiger partial charge is 0.335 e. The van der Waals surface area contributed by atoms with Gasteiger partial charge in [0.25, 0.3) is 5.91 Å². The Labute approximate surface area is 120 Å². The molecule has 1 amide bonds. The molecule has 1 aliphatic rings. The molecule has 5 nitrogen and oxygen atoms in total. The van der Waals surface area contributed by atoms with Gasteiger partial charge in [-0.3, -0.25) is 9.69 Å². The first-order chi connectivity index (χ1) is 9.63. The van der Waals surface area contributed by atoms with Crippen LogP contribution in [0.3, 0.4) is 0 Å². The third kappa shape index (κ3) is 3.28. The fourth-order valence-corrected chi connectivity index (χ4v) is 2.58. The van der Waals surface area contributed by atoms with Gasteiger partial charge in [-0.25, -0.2) is 4.98 Å². The number of rotatable bonds is 4. The van der Waals surface area contributed by atoms with Crippen molar-refractivity contribution in [1.82, 2.24) is 19.4 Å². The summed E-state index contributed by atoms with van der Waals surface area (Å²) < 4.78 is 1.94. The van der Waals surface area contributed by atoms with Gasteiger partial charge >= 0.3 is 0 Å². The second-order valence-electron chi connectivity index (χ2n) is 5.49. The number of amides is 1. The standard InChI is InChI=1S/C15H24N4O/c1-4-7-17-8-5-9-18(12-11-17)15(20)14-16-6-10-19(14)13(2)3/h4,6,10,13H,1,5,7-9,11-12H2,2-3H3. The second kappa shape index (κ2) is 6.70. The highest BCUT2D eigenvalue weighted by atomic mass is 16.2. The minimum absolute atomic E-state index is 0.0455. The number of imidazole rings is 1. The maximum Gasteiger partial charge on any atom is 0.289 e. The molecule has 0 aromatic carbocycles. The van der Waals surface area contributed by atoms with E-state index in [-0.39, 0.29) is 11.9 Å². The lowest BCUT2D eigenvalue weighted by atomic mass is 10.3. The number of nitrogens with zero attached hydrogens (tertiary/aromatic N) is 4. The summed E-state index contributed by atoms with van der Waals surface area (Å²) >= 11 is 0. The zero-order valence-electron chi connectivity index (χ0n) is 12.5. The Morgan fingerprint density at radius 1 is 1.40 bits per heavy atom. The quantitative estimate of drug-likeness (QED) is 0.787. The zero-order valence-corrected chi connectivity index (χ0v) is 12.5. The van der Waals surface area contributed by atoms with Crippen LogP contribution in [0, 0.1) is 0 Å². The minimum atomic E-state index is 0.0455. The monoisotopic (exact) mass is 276 g/mol. The number of aromatic nitrogens is 2. The summed E-state index contributed by atoms with van der Waals surface area (Å²) in [7, 11) is 0. The Balaban J connectivity index is 2.05. The normalized spacial score (nSPS) is 17.2. The highest BCUT2D eigenvalue weighted by molar-refractivity contribution is 5.90. The van der Waals surface area contributed by atoms with Crippen LogP contribution in [0.1, 0.15) is 36.9 Å². The Hall–Kier alpha value is -1.62. The molecule has 2 rings (SSSR count). The van der Waals surface area contributed by atoms with Gasteiger partial charge in [0.05, 0.1) is 0 Å². The van der Waals surface area contributed by atoms with Crippen molar-refractivity contribution in [2.45, 2.75) is 26.3 Å². The Morgan fingerprint density at radius 2 is 2.20 bits per heavy atom. The molecule has 5 heteroatoms. The molecule has 0 N–H and O–H groups in total. The van der Waals surface area contributed by atoms with Crippen LogP contribution in [-0.4, -0.2) is 58.0 Å². The molecule has 0 radical (unpaired) electrons. The summed E-state index contributed by atoms with van der Waals surface area (Å²) in [5.41, 5.74) is 0. The van der Waals surface area contributed by atoms with Crippen molar-refractivity contribution in [3.05, 3.63) is 30.9 Å². The molecular formula is C15H24N4O. The van der Waals surface area contributed by atoms with E-state index in [0.29, 0.717) is 5.82 Å². The SMILES string of the molecule is C=CCN1CCCN(C(=O)c2nccn2C(C)C)CC1. The average Bonchev–Trinajstić information content (AvgIpc) is 2.80. The van der Waals surface area contributed by atoms with Gasteiger partial charge in [0.15, 0.2) is 5.82 Å². The summed E-state index contributed by atoms with van der Waals surface area (Å²) in [4.78, 5) is 21.1. The van der Waals surface area contributed by atoms with Gasteiger partial charge in [0.1, 0.15) is 0 Å². The molecule has 20 heavy (non-hydrogen) atoms. The van der Waals surface area contributed by atoms with Crippen molar-refractivity contribution >= 4 is 5.91 Å². The van der Waals surface area contributed by atoms with Gasteiger partial charge in [0.2, 0.25) is 0 Å². The van der Waals surface area contributed by atoms with Crippen molar-refractivity contribution in [1.29, 1.82) is 0 Å². The van der Waals surface area contributed by atoms with E-state index in [1.165, 1.54) is 0 Å². The van der Waals surface area contributed by atoms with Crippen molar-refractivity contribution in [3.8, 4) is 0 Å². The molecule has 0 bridgehead atoms. The van der Waals surface area contributed by atoms with Gasteiger partial charge in [0, 0.05) is 51.2 Å². The van der Waals surface area contributed by atoms with Crippen LogP contribution < -0.4 is 0 Å². The minimum Gasteiger partial charge on any atom is -0.335 e. The predicted molar refractivity (Wildman–Crippen MR) is 79.8 cm³/mol.